The first-order valence-electron chi connectivity index (χ1n) is 6.61. The first-order chi connectivity index (χ1) is 8.20. The number of hydrogen-bond donors (Lipinski definition) is 1. The van der Waals surface area contributed by atoms with Crippen molar-refractivity contribution in [3.05, 3.63) is 35.6 Å². The van der Waals surface area contributed by atoms with Gasteiger partial charge in [-0.3, -0.25) is 0 Å². The normalized spacial score (nSPS) is 26.1. The second kappa shape index (κ2) is 5.63. The first-order valence-corrected chi connectivity index (χ1v) is 6.61. The molecule has 0 aliphatic heterocycles. The molecule has 0 heterocycles. The lowest BCUT2D eigenvalue weighted by atomic mass is 9.91. The van der Waals surface area contributed by atoms with Crippen LogP contribution in [0.25, 0.3) is 0 Å². The summed E-state index contributed by atoms with van der Waals surface area (Å²) in [6.45, 7) is 2.32. The van der Waals surface area contributed by atoms with Gasteiger partial charge in [0.15, 0.2) is 0 Å². The van der Waals surface area contributed by atoms with Crippen molar-refractivity contribution in [2.75, 3.05) is 7.05 Å². The highest BCUT2D eigenvalue weighted by Gasteiger charge is 2.28. The van der Waals surface area contributed by atoms with E-state index in [-0.39, 0.29) is 5.82 Å². The molecule has 3 atom stereocenters. The minimum absolute atomic E-state index is 0.0706. The van der Waals surface area contributed by atoms with Crippen LogP contribution in [0.5, 0.6) is 0 Å². The van der Waals surface area contributed by atoms with Gasteiger partial charge in [-0.25, -0.2) is 4.39 Å². The fourth-order valence-corrected chi connectivity index (χ4v) is 3.02. The quantitative estimate of drug-likeness (QED) is 0.843. The smallest absolute Gasteiger partial charge is 0.126 e. The minimum Gasteiger partial charge on any atom is -0.316 e. The van der Waals surface area contributed by atoms with Crippen LogP contribution in [0, 0.1) is 17.7 Å². The van der Waals surface area contributed by atoms with Gasteiger partial charge in [-0.1, -0.05) is 31.5 Å². The van der Waals surface area contributed by atoms with Crippen LogP contribution in [0.15, 0.2) is 24.3 Å². The maximum atomic E-state index is 13.6. The summed E-state index contributed by atoms with van der Waals surface area (Å²) in [6.07, 6.45) is 4.68. The van der Waals surface area contributed by atoms with Crippen LogP contribution in [-0.4, -0.2) is 13.1 Å². The third kappa shape index (κ3) is 3.06. The van der Waals surface area contributed by atoms with Gasteiger partial charge in [0.1, 0.15) is 5.82 Å². The average molecular weight is 235 g/mol. The van der Waals surface area contributed by atoms with E-state index in [1.807, 2.05) is 19.2 Å². The zero-order valence-electron chi connectivity index (χ0n) is 10.7. The first kappa shape index (κ1) is 12.6. The van der Waals surface area contributed by atoms with Crippen LogP contribution in [0.4, 0.5) is 4.39 Å². The highest BCUT2D eigenvalue weighted by Crippen LogP contribution is 2.33. The number of likely N-dealkylation sites (N-methyl/N-ethyl adjacent to an activating group) is 1. The predicted molar refractivity (Wildman–Crippen MR) is 69.5 cm³/mol. The van der Waals surface area contributed by atoms with Crippen molar-refractivity contribution in [3.8, 4) is 0 Å². The van der Waals surface area contributed by atoms with Crippen LogP contribution in [0.1, 0.15) is 31.7 Å². The van der Waals surface area contributed by atoms with Crippen LogP contribution < -0.4 is 5.32 Å². The molecular weight excluding hydrogens is 213 g/mol. The Kier molecular flexibility index (Phi) is 4.16. The molecule has 1 aromatic rings. The number of rotatable bonds is 4. The van der Waals surface area contributed by atoms with Gasteiger partial charge in [-0.05, 0) is 49.8 Å². The molecule has 1 fully saturated rings. The molecule has 2 rings (SSSR count). The van der Waals surface area contributed by atoms with E-state index in [1.54, 1.807) is 12.1 Å². The Hall–Kier alpha value is -0.890. The molecule has 0 bridgehead atoms. The van der Waals surface area contributed by atoms with E-state index in [0.717, 1.165) is 17.9 Å². The Balaban J connectivity index is 2.03. The Labute approximate surface area is 103 Å². The van der Waals surface area contributed by atoms with Crippen molar-refractivity contribution in [1.29, 1.82) is 0 Å². The topological polar surface area (TPSA) is 12.0 Å². The SMILES string of the molecule is CNC(Cc1ccccc1F)C1CCC(C)C1. The highest BCUT2D eigenvalue weighted by atomic mass is 19.1. The summed E-state index contributed by atoms with van der Waals surface area (Å²) in [5.74, 6) is 1.46. The molecule has 0 radical (unpaired) electrons. The summed E-state index contributed by atoms with van der Waals surface area (Å²) in [4.78, 5) is 0. The van der Waals surface area contributed by atoms with E-state index in [1.165, 1.54) is 19.3 Å². The van der Waals surface area contributed by atoms with Crippen molar-refractivity contribution < 1.29 is 4.39 Å². The number of benzene rings is 1. The summed E-state index contributed by atoms with van der Waals surface area (Å²) in [5.41, 5.74) is 0.839. The zero-order valence-corrected chi connectivity index (χ0v) is 10.7. The molecule has 0 aromatic heterocycles. The third-order valence-electron chi connectivity index (χ3n) is 4.07. The standard InChI is InChI=1S/C15H22FN/c1-11-7-8-13(9-11)15(17-2)10-12-5-3-4-6-14(12)16/h3-6,11,13,15,17H,7-10H2,1-2H3. The molecule has 94 valence electrons. The molecule has 1 aliphatic rings. The molecule has 1 saturated carbocycles. The summed E-state index contributed by atoms with van der Waals surface area (Å²) in [7, 11) is 1.99. The zero-order chi connectivity index (χ0) is 12.3. The molecule has 1 nitrogen and oxygen atoms in total. The van der Waals surface area contributed by atoms with Gasteiger partial charge in [0.25, 0.3) is 0 Å². The second-order valence-corrected chi connectivity index (χ2v) is 5.37. The van der Waals surface area contributed by atoms with Gasteiger partial charge in [0, 0.05) is 6.04 Å². The van der Waals surface area contributed by atoms with Crippen molar-refractivity contribution in [3.63, 3.8) is 0 Å². The lowest BCUT2D eigenvalue weighted by molar-refractivity contribution is 0.364. The van der Waals surface area contributed by atoms with E-state index < -0.39 is 0 Å². The molecule has 1 aliphatic carbocycles. The van der Waals surface area contributed by atoms with E-state index in [2.05, 4.69) is 12.2 Å². The van der Waals surface area contributed by atoms with E-state index in [4.69, 9.17) is 0 Å². The fraction of sp³-hybridized carbons (Fsp3) is 0.600. The largest absolute Gasteiger partial charge is 0.316 e. The lowest BCUT2D eigenvalue weighted by Crippen LogP contribution is -2.34. The number of halogens is 1. The molecule has 0 amide bonds. The molecule has 0 spiro atoms. The van der Waals surface area contributed by atoms with Crippen molar-refractivity contribution in [2.45, 2.75) is 38.6 Å². The Morgan fingerprint density at radius 3 is 2.71 bits per heavy atom. The molecule has 1 aromatic carbocycles. The van der Waals surface area contributed by atoms with E-state index in [9.17, 15) is 4.39 Å². The average Bonchev–Trinajstić information content (AvgIpc) is 2.75. The Bertz CT molecular complexity index is 364. The molecular formula is C15H22FN. The summed E-state index contributed by atoms with van der Waals surface area (Å²) >= 11 is 0. The van der Waals surface area contributed by atoms with Crippen LogP contribution in [-0.2, 0) is 6.42 Å². The van der Waals surface area contributed by atoms with Crippen molar-refractivity contribution in [1.82, 2.24) is 5.32 Å². The van der Waals surface area contributed by atoms with Crippen molar-refractivity contribution in [2.24, 2.45) is 11.8 Å². The van der Waals surface area contributed by atoms with Gasteiger partial charge < -0.3 is 5.32 Å². The predicted octanol–water partition coefficient (Wildman–Crippen LogP) is 3.39. The lowest BCUT2D eigenvalue weighted by Gasteiger charge is -2.23. The van der Waals surface area contributed by atoms with Crippen LogP contribution in [0.3, 0.4) is 0 Å². The van der Waals surface area contributed by atoms with Crippen molar-refractivity contribution >= 4 is 0 Å². The van der Waals surface area contributed by atoms with Gasteiger partial charge in [0.05, 0.1) is 0 Å². The van der Waals surface area contributed by atoms with Gasteiger partial charge in [-0.2, -0.15) is 0 Å². The molecule has 3 unspecified atom stereocenters. The Morgan fingerprint density at radius 2 is 2.12 bits per heavy atom. The van der Waals surface area contributed by atoms with Gasteiger partial charge in [-0.15, -0.1) is 0 Å². The highest BCUT2D eigenvalue weighted by molar-refractivity contribution is 5.18. The minimum atomic E-state index is -0.0706. The summed E-state index contributed by atoms with van der Waals surface area (Å²) < 4.78 is 13.6. The Morgan fingerprint density at radius 1 is 1.35 bits per heavy atom. The molecule has 0 saturated heterocycles. The maximum absolute atomic E-state index is 13.6. The van der Waals surface area contributed by atoms with Crippen LogP contribution >= 0.6 is 0 Å². The third-order valence-corrected chi connectivity index (χ3v) is 4.07. The van der Waals surface area contributed by atoms with Crippen LogP contribution in [0.2, 0.25) is 0 Å². The second-order valence-electron chi connectivity index (χ2n) is 5.37. The maximum Gasteiger partial charge on any atom is 0.126 e. The molecule has 2 heteroatoms. The van der Waals surface area contributed by atoms with Gasteiger partial charge >= 0.3 is 0 Å². The van der Waals surface area contributed by atoms with E-state index >= 15 is 0 Å². The number of hydrogen-bond acceptors (Lipinski definition) is 1. The fourth-order valence-electron chi connectivity index (χ4n) is 3.02. The molecule has 1 N–H and O–H groups in total. The number of nitrogens with one attached hydrogen (secondary N) is 1. The monoisotopic (exact) mass is 235 g/mol. The van der Waals surface area contributed by atoms with Gasteiger partial charge in [0.2, 0.25) is 0 Å². The summed E-state index contributed by atoms with van der Waals surface area (Å²) in [6, 6.07) is 7.54. The van der Waals surface area contributed by atoms with E-state index in [0.29, 0.717) is 12.0 Å². The summed E-state index contributed by atoms with van der Waals surface area (Å²) in [5, 5.41) is 3.37. The molecule has 17 heavy (non-hydrogen) atoms.